The lowest BCUT2D eigenvalue weighted by molar-refractivity contribution is -0.200. The number of nitrogens with two attached hydrogens (primary N) is 1. The molecule has 106 valence electrons. The molecule has 0 atom stereocenters. The van der Waals surface area contributed by atoms with E-state index in [4.69, 9.17) is 10.5 Å². The summed E-state index contributed by atoms with van der Waals surface area (Å²) in [7, 11) is 0. The average Bonchev–Trinajstić information content (AvgIpc) is 2.32. The minimum absolute atomic E-state index is 0.288. The lowest BCUT2D eigenvalue weighted by Crippen LogP contribution is -2.21. The van der Waals surface area contributed by atoms with Gasteiger partial charge in [0.2, 0.25) is 0 Å². The second kappa shape index (κ2) is 6.83. The minimum Gasteiger partial charge on any atom is -0.480 e. The highest BCUT2D eigenvalue weighted by Crippen LogP contribution is 2.19. The van der Waals surface area contributed by atoms with Crippen LogP contribution in [0, 0.1) is 0 Å². The first kappa shape index (κ1) is 15.1. The second-order valence-electron chi connectivity index (χ2n) is 3.42. The number of benzene rings is 1. The van der Waals surface area contributed by atoms with Crippen LogP contribution in [0.15, 0.2) is 24.3 Å². The molecule has 0 radical (unpaired) electrons. The molecule has 0 saturated carbocycles. The third kappa shape index (κ3) is 6.51. The Morgan fingerprint density at radius 2 is 1.95 bits per heavy atom. The van der Waals surface area contributed by atoms with E-state index in [9.17, 15) is 18.0 Å². The van der Waals surface area contributed by atoms with Crippen LogP contribution >= 0.6 is 0 Å². The molecule has 0 amide bonds. The SMILES string of the molecule is Nc1ccccc1OCC(=O)OCOCC(F)(F)F. The number of carbonyl (C=O) groups excluding carboxylic acids is 1. The summed E-state index contributed by atoms with van der Waals surface area (Å²) in [5, 5.41) is 0. The zero-order valence-corrected chi connectivity index (χ0v) is 9.77. The Kier molecular flexibility index (Phi) is 5.43. The van der Waals surface area contributed by atoms with Gasteiger partial charge in [-0.3, -0.25) is 0 Å². The van der Waals surface area contributed by atoms with Crippen molar-refractivity contribution in [2.75, 3.05) is 25.7 Å². The van der Waals surface area contributed by atoms with Gasteiger partial charge in [0.1, 0.15) is 12.4 Å². The number of nitrogen functional groups attached to an aromatic ring is 1. The first-order valence-corrected chi connectivity index (χ1v) is 5.16. The van der Waals surface area contributed by atoms with E-state index in [1.807, 2.05) is 0 Å². The minimum atomic E-state index is -4.46. The second-order valence-corrected chi connectivity index (χ2v) is 3.42. The van der Waals surface area contributed by atoms with E-state index in [-0.39, 0.29) is 5.75 Å². The van der Waals surface area contributed by atoms with Crippen molar-refractivity contribution in [3.63, 3.8) is 0 Å². The molecule has 0 saturated heterocycles. The van der Waals surface area contributed by atoms with Crippen molar-refractivity contribution in [3.05, 3.63) is 24.3 Å². The van der Waals surface area contributed by atoms with Gasteiger partial charge in [0.15, 0.2) is 13.4 Å². The van der Waals surface area contributed by atoms with E-state index in [0.717, 1.165) is 0 Å². The molecule has 0 heterocycles. The summed E-state index contributed by atoms with van der Waals surface area (Å²) in [5.74, 6) is -0.568. The molecule has 0 aliphatic carbocycles. The van der Waals surface area contributed by atoms with Crippen molar-refractivity contribution >= 4 is 11.7 Å². The summed E-state index contributed by atoms with van der Waals surface area (Å²) in [4.78, 5) is 11.1. The van der Waals surface area contributed by atoms with Crippen molar-refractivity contribution in [3.8, 4) is 5.75 Å². The van der Waals surface area contributed by atoms with Crippen LogP contribution in [0.25, 0.3) is 0 Å². The van der Waals surface area contributed by atoms with Crippen LogP contribution in [0.3, 0.4) is 0 Å². The molecule has 1 aromatic rings. The number of hydrogen-bond acceptors (Lipinski definition) is 5. The van der Waals surface area contributed by atoms with Crippen LogP contribution in [-0.4, -0.2) is 32.2 Å². The molecule has 1 aromatic carbocycles. The largest absolute Gasteiger partial charge is 0.480 e. The van der Waals surface area contributed by atoms with Gasteiger partial charge in [0.25, 0.3) is 0 Å². The van der Waals surface area contributed by atoms with E-state index in [1.54, 1.807) is 24.3 Å². The standard InChI is InChI=1S/C11H12F3NO4/c12-11(13,14)6-17-7-19-10(16)5-18-9-4-2-1-3-8(9)15/h1-4H,5-7,15H2. The number of hydrogen-bond donors (Lipinski definition) is 1. The maximum atomic E-state index is 11.7. The van der Waals surface area contributed by atoms with Crippen molar-refractivity contribution in [1.29, 1.82) is 0 Å². The maximum absolute atomic E-state index is 11.7. The van der Waals surface area contributed by atoms with Crippen LogP contribution < -0.4 is 10.5 Å². The third-order valence-electron chi connectivity index (χ3n) is 1.83. The molecule has 0 aromatic heterocycles. The van der Waals surface area contributed by atoms with E-state index in [0.29, 0.717) is 5.69 Å². The van der Waals surface area contributed by atoms with Crippen LogP contribution in [0.4, 0.5) is 18.9 Å². The molecule has 0 unspecified atom stereocenters. The summed E-state index contributed by atoms with van der Waals surface area (Å²) in [6.45, 7) is -2.73. The van der Waals surface area contributed by atoms with Gasteiger partial charge in [-0.2, -0.15) is 13.2 Å². The van der Waals surface area contributed by atoms with E-state index in [1.165, 1.54) is 0 Å². The lowest BCUT2D eigenvalue weighted by atomic mass is 10.3. The molecule has 19 heavy (non-hydrogen) atoms. The normalized spacial score (nSPS) is 11.1. The highest BCUT2D eigenvalue weighted by Gasteiger charge is 2.27. The predicted octanol–water partition coefficient (Wildman–Crippen LogP) is 1.73. The van der Waals surface area contributed by atoms with Crippen LogP contribution in [-0.2, 0) is 14.3 Å². The Morgan fingerprint density at radius 3 is 2.58 bits per heavy atom. The van der Waals surface area contributed by atoms with Crippen LogP contribution in [0.1, 0.15) is 0 Å². The predicted molar refractivity (Wildman–Crippen MR) is 59.3 cm³/mol. The fourth-order valence-corrected chi connectivity index (χ4v) is 1.06. The molecule has 0 aliphatic rings. The number of carbonyl (C=O) groups is 1. The van der Waals surface area contributed by atoms with Crippen molar-refractivity contribution in [2.24, 2.45) is 0 Å². The first-order chi connectivity index (χ1) is 8.88. The van der Waals surface area contributed by atoms with Gasteiger partial charge in [0.05, 0.1) is 5.69 Å². The number of esters is 1. The van der Waals surface area contributed by atoms with Crippen molar-refractivity contribution in [1.82, 2.24) is 0 Å². The van der Waals surface area contributed by atoms with Crippen LogP contribution in [0.5, 0.6) is 5.75 Å². The Morgan fingerprint density at radius 1 is 1.26 bits per heavy atom. The topological polar surface area (TPSA) is 70.8 Å². The zero-order valence-electron chi connectivity index (χ0n) is 9.77. The Labute approximate surface area is 107 Å². The van der Waals surface area contributed by atoms with E-state index < -0.39 is 32.2 Å². The monoisotopic (exact) mass is 279 g/mol. The van der Waals surface area contributed by atoms with E-state index >= 15 is 0 Å². The number of para-hydroxylation sites is 2. The number of alkyl halides is 3. The van der Waals surface area contributed by atoms with Gasteiger partial charge in [-0.1, -0.05) is 12.1 Å². The Bertz CT molecular complexity index is 423. The zero-order chi connectivity index (χ0) is 14.3. The highest BCUT2D eigenvalue weighted by atomic mass is 19.4. The lowest BCUT2D eigenvalue weighted by Gasteiger charge is -2.10. The van der Waals surface area contributed by atoms with Gasteiger partial charge in [-0.15, -0.1) is 0 Å². The van der Waals surface area contributed by atoms with Gasteiger partial charge in [0, 0.05) is 0 Å². The number of rotatable bonds is 6. The van der Waals surface area contributed by atoms with E-state index in [2.05, 4.69) is 9.47 Å². The fraction of sp³-hybridized carbons (Fsp3) is 0.364. The molecule has 5 nitrogen and oxygen atoms in total. The smallest absolute Gasteiger partial charge is 0.411 e. The average molecular weight is 279 g/mol. The summed E-state index contributed by atoms with van der Waals surface area (Å²) in [5.41, 5.74) is 5.89. The number of halogens is 3. The highest BCUT2D eigenvalue weighted by molar-refractivity contribution is 5.71. The Hall–Kier alpha value is -1.96. The van der Waals surface area contributed by atoms with Crippen molar-refractivity contribution < 1.29 is 32.2 Å². The molecule has 8 heteroatoms. The molecular weight excluding hydrogens is 267 g/mol. The van der Waals surface area contributed by atoms with Gasteiger partial charge < -0.3 is 19.9 Å². The molecular formula is C11H12F3NO4. The van der Waals surface area contributed by atoms with Gasteiger partial charge in [-0.05, 0) is 12.1 Å². The molecule has 0 spiro atoms. The third-order valence-corrected chi connectivity index (χ3v) is 1.83. The van der Waals surface area contributed by atoms with Crippen molar-refractivity contribution in [2.45, 2.75) is 6.18 Å². The number of anilines is 1. The Balaban J connectivity index is 2.20. The molecule has 2 N–H and O–H groups in total. The van der Waals surface area contributed by atoms with Gasteiger partial charge in [-0.25, -0.2) is 4.79 Å². The summed E-state index contributed by atoms with van der Waals surface area (Å²) in [6, 6.07) is 6.46. The molecule has 0 aliphatic heterocycles. The molecule has 0 fully saturated rings. The summed E-state index contributed by atoms with van der Waals surface area (Å²) >= 11 is 0. The summed E-state index contributed by atoms with van der Waals surface area (Å²) < 4.78 is 48.6. The maximum Gasteiger partial charge on any atom is 0.411 e. The number of ether oxygens (including phenoxy) is 3. The summed E-state index contributed by atoms with van der Waals surface area (Å²) in [6.07, 6.45) is -4.46. The molecule has 0 bridgehead atoms. The van der Waals surface area contributed by atoms with Crippen LogP contribution in [0.2, 0.25) is 0 Å². The van der Waals surface area contributed by atoms with Gasteiger partial charge >= 0.3 is 12.1 Å². The molecule has 1 rings (SSSR count). The quantitative estimate of drug-likeness (QED) is 0.371. The first-order valence-electron chi connectivity index (χ1n) is 5.16. The fourth-order valence-electron chi connectivity index (χ4n) is 1.06.